The van der Waals surface area contributed by atoms with Gasteiger partial charge in [0.1, 0.15) is 17.3 Å². The Morgan fingerprint density at radius 3 is 2.54 bits per heavy atom. The first-order valence-electron chi connectivity index (χ1n) is 8.52. The van der Waals surface area contributed by atoms with Gasteiger partial charge in [0.25, 0.3) is 0 Å². The maximum atomic E-state index is 14.2. The molecule has 1 saturated heterocycles. The summed E-state index contributed by atoms with van der Waals surface area (Å²) in [6.07, 6.45) is 1.60. The third kappa shape index (κ3) is 3.21. The van der Waals surface area contributed by atoms with Crippen molar-refractivity contribution < 1.29 is 14.2 Å². The zero-order chi connectivity index (χ0) is 18.1. The van der Waals surface area contributed by atoms with Crippen LogP contribution in [0.1, 0.15) is 5.56 Å². The highest BCUT2D eigenvalue weighted by Gasteiger charge is 2.26. The Morgan fingerprint density at radius 2 is 1.88 bits per heavy atom. The Labute approximate surface area is 151 Å². The van der Waals surface area contributed by atoms with E-state index in [1.807, 2.05) is 30.5 Å². The lowest BCUT2D eigenvalue weighted by Gasteiger charge is -2.35. The lowest BCUT2D eigenvalue weighted by atomic mass is 10.1. The zero-order valence-electron chi connectivity index (χ0n) is 14.5. The minimum Gasteiger partial charge on any atom is -0.497 e. The molecule has 4 rings (SSSR count). The maximum Gasteiger partial charge on any atom is 0.148 e. The van der Waals surface area contributed by atoms with Crippen molar-refractivity contribution in [1.82, 2.24) is 14.7 Å². The summed E-state index contributed by atoms with van der Waals surface area (Å²) in [7, 11) is 1.63. The predicted octanol–water partition coefficient (Wildman–Crippen LogP) is 2.86. The molecule has 0 amide bonds. The molecule has 1 N–H and O–H groups in total. The number of hydrogen-bond acceptors (Lipinski definition) is 4. The number of aliphatic hydroxyl groups is 1. The van der Waals surface area contributed by atoms with Crippen molar-refractivity contribution in [2.45, 2.75) is 12.6 Å². The third-order valence-electron chi connectivity index (χ3n) is 4.58. The molecule has 1 aliphatic rings. The monoisotopic (exact) mass is 353 g/mol. The number of nitrogens with zero attached hydrogens (tertiary/aromatic N) is 3. The molecule has 0 aliphatic carbocycles. The summed E-state index contributed by atoms with van der Waals surface area (Å²) < 4.78 is 21.0. The van der Waals surface area contributed by atoms with Crippen LogP contribution < -0.4 is 4.74 Å². The molecule has 134 valence electrons. The lowest BCUT2D eigenvalue weighted by molar-refractivity contribution is -0.00278. The highest BCUT2D eigenvalue weighted by molar-refractivity contribution is 5.64. The van der Waals surface area contributed by atoms with Crippen molar-refractivity contribution in [1.29, 1.82) is 0 Å². The second-order valence-corrected chi connectivity index (χ2v) is 6.48. The highest BCUT2D eigenvalue weighted by atomic mass is 19.1. The van der Waals surface area contributed by atoms with E-state index in [0.717, 1.165) is 22.6 Å². The van der Waals surface area contributed by atoms with E-state index in [-0.39, 0.29) is 11.9 Å². The Bertz CT molecular complexity index is 902. The molecular formula is C20H20FN3O2. The number of aromatic nitrogens is 2. The molecule has 0 unspecified atom stereocenters. The molecule has 1 aromatic heterocycles. The molecule has 6 heteroatoms. The Kier molecular flexibility index (Phi) is 4.44. The van der Waals surface area contributed by atoms with Crippen LogP contribution in [0.25, 0.3) is 16.9 Å². The van der Waals surface area contributed by atoms with Crippen molar-refractivity contribution >= 4 is 0 Å². The fourth-order valence-electron chi connectivity index (χ4n) is 3.19. The van der Waals surface area contributed by atoms with Crippen LogP contribution in [0.15, 0.2) is 54.7 Å². The van der Waals surface area contributed by atoms with E-state index in [0.29, 0.717) is 25.3 Å². The van der Waals surface area contributed by atoms with Gasteiger partial charge in [-0.2, -0.15) is 5.10 Å². The molecule has 2 aromatic carbocycles. The second kappa shape index (κ2) is 6.90. The molecule has 2 heterocycles. The number of β-amino-alcohol motifs (C(OH)–C–C–N with tert-alkyl or cyclic N) is 1. The van der Waals surface area contributed by atoms with E-state index in [2.05, 4.69) is 10.00 Å². The fraction of sp³-hybridized carbons (Fsp3) is 0.250. The van der Waals surface area contributed by atoms with Gasteiger partial charge in [-0.05, 0) is 36.4 Å². The molecule has 0 spiro atoms. The van der Waals surface area contributed by atoms with Crippen LogP contribution in [0.5, 0.6) is 5.75 Å². The fourth-order valence-corrected chi connectivity index (χ4v) is 3.19. The summed E-state index contributed by atoms with van der Waals surface area (Å²) in [6, 6.07) is 14.2. The van der Waals surface area contributed by atoms with Crippen LogP contribution in [0.4, 0.5) is 4.39 Å². The van der Waals surface area contributed by atoms with Crippen LogP contribution in [-0.4, -0.2) is 46.1 Å². The summed E-state index contributed by atoms with van der Waals surface area (Å²) in [6.45, 7) is 1.95. The standard InChI is InChI=1S/C20H20FN3O2/c1-26-17-8-6-14(7-9-17)20-15(10-23-12-16(25)13-23)11-24(22-20)19-5-3-2-4-18(19)21/h2-9,11,16,25H,10,12-13H2,1H3. The average molecular weight is 353 g/mol. The second-order valence-electron chi connectivity index (χ2n) is 6.48. The van der Waals surface area contributed by atoms with E-state index >= 15 is 0 Å². The van der Waals surface area contributed by atoms with E-state index in [9.17, 15) is 9.50 Å². The molecule has 1 aliphatic heterocycles. The number of likely N-dealkylation sites (tertiary alicyclic amines) is 1. The molecule has 0 saturated carbocycles. The van der Waals surface area contributed by atoms with Gasteiger partial charge < -0.3 is 9.84 Å². The first-order valence-corrected chi connectivity index (χ1v) is 8.52. The SMILES string of the molecule is COc1ccc(-c2nn(-c3ccccc3F)cc2CN2CC(O)C2)cc1. The van der Waals surface area contributed by atoms with Crippen molar-refractivity contribution in [3.8, 4) is 22.7 Å². The quantitative estimate of drug-likeness (QED) is 0.766. The molecule has 3 aromatic rings. The van der Waals surface area contributed by atoms with Crippen molar-refractivity contribution in [3.63, 3.8) is 0 Å². The molecule has 0 radical (unpaired) electrons. The number of ether oxygens (including phenoxy) is 1. The zero-order valence-corrected chi connectivity index (χ0v) is 14.5. The molecule has 0 atom stereocenters. The van der Waals surface area contributed by atoms with Gasteiger partial charge in [-0.3, -0.25) is 4.90 Å². The average Bonchev–Trinajstić information content (AvgIpc) is 3.04. The van der Waals surface area contributed by atoms with Gasteiger partial charge >= 0.3 is 0 Å². The molecule has 26 heavy (non-hydrogen) atoms. The summed E-state index contributed by atoms with van der Waals surface area (Å²) in [5.41, 5.74) is 3.15. The topological polar surface area (TPSA) is 50.5 Å². The van der Waals surface area contributed by atoms with Gasteiger partial charge in [-0.25, -0.2) is 9.07 Å². The van der Waals surface area contributed by atoms with Crippen LogP contribution >= 0.6 is 0 Å². The van der Waals surface area contributed by atoms with E-state index < -0.39 is 0 Å². The normalized spacial score (nSPS) is 15.0. The third-order valence-corrected chi connectivity index (χ3v) is 4.58. The Morgan fingerprint density at radius 1 is 1.15 bits per heavy atom. The number of benzene rings is 2. The number of methoxy groups -OCH3 is 1. The molecular weight excluding hydrogens is 333 g/mol. The van der Waals surface area contributed by atoms with Crippen molar-refractivity contribution in [3.05, 3.63) is 66.1 Å². The van der Waals surface area contributed by atoms with Gasteiger partial charge in [0.05, 0.1) is 18.9 Å². The van der Waals surface area contributed by atoms with Gasteiger partial charge in [-0.1, -0.05) is 12.1 Å². The molecule has 5 nitrogen and oxygen atoms in total. The van der Waals surface area contributed by atoms with Gasteiger partial charge in [-0.15, -0.1) is 0 Å². The first-order chi connectivity index (χ1) is 12.6. The Hall–Kier alpha value is -2.70. The predicted molar refractivity (Wildman–Crippen MR) is 96.8 cm³/mol. The van der Waals surface area contributed by atoms with Crippen LogP contribution in [0, 0.1) is 5.82 Å². The number of hydrogen-bond donors (Lipinski definition) is 1. The molecule has 1 fully saturated rings. The van der Waals surface area contributed by atoms with E-state index in [4.69, 9.17) is 4.74 Å². The minimum atomic E-state index is -0.317. The first kappa shape index (κ1) is 16.8. The Balaban J connectivity index is 1.73. The number of para-hydroxylation sites is 1. The summed E-state index contributed by atoms with van der Waals surface area (Å²) in [5, 5.41) is 14.2. The number of rotatable bonds is 5. The number of halogens is 1. The van der Waals surface area contributed by atoms with Gasteiger partial charge in [0, 0.05) is 37.0 Å². The van der Waals surface area contributed by atoms with E-state index in [1.54, 1.807) is 30.0 Å². The molecule has 0 bridgehead atoms. The highest BCUT2D eigenvalue weighted by Crippen LogP contribution is 2.28. The van der Waals surface area contributed by atoms with Gasteiger partial charge in [0.15, 0.2) is 0 Å². The smallest absolute Gasteiger partial charge is 0.148 e. The minimum absolute atomic E-state index is 0.263. The van der Waals surface area contributed by atoms with Crippen LogP contribution in [0.2, 0.25) is 0 Å². The van der Waals surface area contributed by atoms with Crippen molar-refractivity contribution in [2.24, 2.45) is 0 Å². The van der Waals surface area contributed by atoms with Crippen molar-refractivity contribution in [2.75, 3.05) is 20.2 Å². The lowest BCUT2D eigenvalue weighted by Crippen LogP contribution is -2.49. The summed E-state index contributed by atoms with van der Waals surface area (Å²) in [5.74, 6) is 0.455. The van der Waals surface area contributed by atoms with Crippen LogP contribution in [0.3, 0.4) is 0 Å². The maximum absolute atomic E-state index is 14.2. The van der Waals surface area contributed by atoms with Gasteiger partial charge in [0.2, 0.25) is 0 Å². The largest absolute Gasteiger partial charge is 0.497 e. The van der Waals surface area contributed by atoms with E-state index in [1.165, 1.54) is 6.07 Å². The number of aliphatic hydroxyl groups excluding tert-OH is 1. The summed E-state index contributed by atoms with van der Waals surface area (Å²) >= 11 is 0. The summed E-state index contributed by atoms with van der Waals surface area (Å²) in [4.78, 5) is 2.14. The van der Waals surface area contributed by atoms with Crippen LogP contribution in [-0.2, 0) is 6.54 Å².